The zero-order valence-corrected chi connectivity index (χ0v) is 7.80. The first-order valence-electron chi connectivity index (χ1n) is 4.16. The highest BCUT2D eigenvalue weighted by molar-refractivity contribution is 5.75. The van der Waals surface area contributed by atoms with Crippen LogP contribution in [-0.2, 0) is 9.53 Å². The van der Waals surface area contributed by atoms with Gasteiger partial charge in [-0.05, 0) is 12.5 Å². The number of nitrogens with two attached hydrogens (primary N) is 1. The minimum atomic E-state index is 0.0251. The predicted molar refractivity (Wildman–Crippen MR) is 47.7 cm³/mol. The zero-order chi connectivity index (χ0) is 9.40. The van der Waals surface area contributed by atoms with Gasteiger partial charge < -0.3 is 15.8 Å². The number of carbonyl (C=O) groups is 1. The van der Waals surface area contributed by atoms with Gasteiger partial charge in [-0.1, -0.05) is 6.92 Å². The summed E-state index contributed by atoms with van der Waals surface area (Å²) in [6.45, 7) is 3.73. The van der Waals surface area contributed by atoms with Crippen LogP contribution in [0.1, 0.15) is 13.3 Å². The summed E-state index contributed by atoms with van der Waals surface area (Å²) in [6.07, 6.45) is 0.424. The summed E-state index contributed by atoms with van der Waals surface area (Å²) in [7, 11) is 1.58. The molecule has 1 amide bonds. The van der Waals surface area contributed by atoms with Crippen molar-refractivity contribution < 1.29 is 9.53 Å². The van der Waals surface area contributed by atoms with Gasteiger partial charge in [0.2, 0.25) is 5.91 Å². The molecule has 0 spiro atoms. The maximum absolute atomic E-state index is 11.0. The third-order valence-corrected chi connectivity index (χ3v) is 1.58. The fraction of sp³-hybridized carbons (Fsp3) is 0.875. The first-order chi connectivity index (χ1) is 5.70. The third kappa shape index (κ3) is 6.12. The van der Waals surface area contributed by atoms with Crippen LogP contribution in [0.4, 0.5) is 0 Å². The molecule has 4 nitrogen and oxygen atoms in total. The second kappa shape index (κ2) is 7.06. The minimum Gasteiger partial charge on any atom is -0.384 e. The molecule has 72 valence electrons. The van der Waals surface area contributed by atoms with Gasteiger partial charge in [-0.3, -0.25) is 4.79 Å². The van der Waals surface area contributed by atoms with Gasteiger partial charge in [-0.15, -0.1) is 0 Å². The second-order valence-corrected chi connectivity index (χ2v) is 2.89. The summed E-state index contributed by atoms with van der Waals surface area (Å²) in [4.78, 5) is 11.0. The molecule has 1 atom stereocenters. The Morgan fingerprint density at radius 2 is 2.33 bits per heavy atom. The Kier molecular flexibility index (Phi) is 6.70. The highest BCUT2D eigenvalue weighted by Crippen LogP contribution is 1.88. The molecule has 0 aliphatic heterocycles. The molecule has 4 heteroatoms. The van der Waals surface area contributed by atoms with E-state index in [0.717, 1.165) is 0 Å². The van der Waals surface area contributed by atoms with Crippen LogP contribution in [0.5, 0.6) is 0 Å². The van der Waals surface area contributed by atoms with Crippen molar-refractivity contribution in [3.05, 3.63) is 0 Å². The van der Waals surface area contributed by atoms with Gasteiger partial charge in [-0.25, -0.2) is 0 Å². The summed E-state index contributed by atoms with van der Waals surface area (Å²) < 4.78 is 4.76. The lowest BCUT2D eigenvalue weighted by atomic mass is 10.2. The predicted octanol–water partition coefficient (Wildman–Crippen LogP) is -0.266. The quantitative estimate of drug-likeness (QED) is 0.583. The monoisotopic (exact) mass is 174 g/mol. The normalized spacial score (nSPS) is 12.6. The van der Waals surface area contributed by atoms with Crippen LogP contribution < -0.4 is 11.1 Å². The summed E-state index contributed by atoms with van der Waals surface area (Å²) in [5.41, 5.74) is 5.38. The molecule has 0 aromatic carbocycles. The summed E-state index contributed by atoms with van der Waals surface area (Å²) in [5, 5.41) is 2.77. The number of carbonyl (C=O) groups excluding carboxylic acids is 1. The molecule has 0 saturated heterocycles. The van der Waals surface area contributed by atoms with Gasteiger partial charge in [0.1, 0.15) is 0 Å². The van der Waals surface area contributed by atoms with Crippen molar-refractivity contribution >= 4 is 5.91 Å². The number of hydrogen-bond donors (Lipinski definition) is 2. The molecule has 3 N–H and O–H groups in total. The molecule has 0 heterocycles. The summed E-state index contributed by atoms with van der Waals surface area (Å²) in [5.74, 6) is 0.369. The standard InChI is InChI=1S/C8H18N2O2/c1-7(5-9)6-10-8(11)3-4-12-2/h7H,3-6,9H2,1-2H3,(H,10,11). The Morgan fingerprint density at radius 1 is 1.67 bits per heavy atom. The third-order valence-electron chi connectivity index (χ3n) is 1.58. The van der Waals surface area contributed by atoms with E-state index in [0.29, 0.717) is 32.0 Å². The van der Waals surface area contributed by atoms with Crippen LogP contribution in [0.15, 0.2) is 0 Å². The Balaban J connectivity index is 3.31. The SMILES string of the molecule is COCCC(=O)NCC(C)CN. The molecule has 0 bridgehead atoms. The number of amides is 1. The van der Waals surface area contributed by atoms with E-state index in [4.69, 9.17) is 10.5 Å². The van der Waals surface area contributed by atoms with Crippen molar-refractivity contribution in [2.75, 3.05) is 26.8 Å². The van der Waals surface area contributed by atoms with Crippen molar-refractivity contribution in [1.29, 1.82) is 0 Å². The van der Waals surface area contributed by atoms with Crippen LogP contribution in [0, 0.1) is 5.92 Å². The Hall–Kier alpha value is -0.610. The van der Waals surface area contributed by atoms with E-state index >= 15 is 0 Å². The smallest absolute Gasteiger partial charge is 0.222 e. The topological polar surface area (TPSA) is 64.3 Å². The lowest BCUT2D eigenvalue weighted by molar-refractivity contribution is -0.122. The van der Waals surface area contributed by atoms with Crippen LogP contribution in [-0.4, -0.2) is 32.7 Å². The molecule has 0 aromatic heterocycles. The Labute approximate surface area is 73.5 Å². The molecule has 0 saturated carbocycles. The number of rotatable bonds is 6. The van der Waals surface area contributed by atoms with Crippen molar-refractivity contribution in [2.24, 2.45) is 11.7 Å². The Bertz CT molecular complexity index is 128. The van der Waals surface area contributed by atoms with Gasteiger partial charge in [0, 0.05) is 20.1 Å². The molecule has 0 aliphatic rings. The van der Waals surface area contributed by atoms with Gasteiger partial charge >= 0.3 is 0 Å². The largest absolute Gasteiger partial charge is 0.384 e. The molecule has 0 rings (SSSR count). The maximum Gasteiger partial charge on any atom is 0.222 e. The zero-order valence-electron chi connectivity index (χ0n) is 7.80. The highest BCUT2D eigenvalue weighted by Gasteiger charge is 2.02. The van der Waals surface area contributed by atoms with E-state index in [9.17, 15) is 4.79 Å². The molecule has 0 radical (unpaired) electrons. The van der Waals surface area contributed by atoms with Crippen molar-refractivity contribution in [1.82, 2.24) is 5.32 Å². The average Bonchev–Trinajstić information content (AvgIpc) is 2.10. The lowest BCUT2D eigenvalue weighted by Gasteiger charge is -2.09. The number of ether oxygens (including phenoxy) is 1. The van der Waals surface area contributed by atoms with Crippen LogP contribution in [0.2, 0.25) is 0 Å². The first-order valence-corrected chi connectivity index (χ1v) is 4.16. The molecule has 0 fully saturated rings. The lowest BCUT2D eigenvalue weighted by Crippen LogP contribution is -2.31. The number of nitrogens with one attached hydrogen (secondary N) is 1. The van der Waals surface area contributed by atoms with Crippen molar-refractivity contribution in [3.63, 3.8) is 0 Å². The number of hydrogen-bond acceptors (Lipinski definition) is 3. The molecular formula is C8H18N2O2. The van der Waals surface area contributed by atoms with E-state index in [-0.39, 0.29) is 5.91 Å². The van der Waals surface area contributed by atoms with Crippen molar-refractivity contribution in [2.45, 2.75) is 13.3 Å². The van der Waals surface area contributed by atoms with Crippen LogP contribution in [0.25, 0.3) is 0 Å². The summed E-state index contributed by atoms with van der Waals surface area (Å²) in [6, 6.07) is 0. The van der Waals surface area contributed by atoms with E-state index in [1.165, 1.54) is 0 Å². The fourth-order valence-electron chi connectivity index (χ4n) is 0.655. The average molecular weight is 174 g/mol. The molecular weight excluding hydrogens is 156 g/mol. The van der Waals surface area contributed by atoms with Crippen LogP contribution >= 0.6 is 0 Å². The first kappa shape index (κ1) is 11.4. The molecule has 0 aromatic rings. The van der Waals surface area contributed by atoms with Crippen LogP contribution in [0.3, 0.4) is 0 Å². The minimum absolute atomic E-state index is 0.0251. The van der Waals surface area contributed by atoms with Gasteiger partial charge in [0.15, 0.2) is 0 Å². The second-order valence-electron chi connectivity index (χ2n) is 2.89. The number of methoxy groups -OCH3 is 1. The van der Waals surface area contributed by atoms with E-state index in [1.807, 2.05) is 6.92 Å². The fourth-order valence-corrected chi connectivity index (χ4v) is 0.655. The Morgan fingerprint density at radius 3 is 2.83 bits per heavy atom. The van der Waals surface area contributed by atoms with Gasteiger partial charge in [0.25, 0.3) is 0 Å². The van der Waals surface area contributed by atoms with Crippen molar-refractivity contribution in [3.8, 4) is 0 Å². The van der Waals surface area contributed by atoms with Gasteiger partial charge in [0.05, 0.1) is 6.61 Å². The molecule has 0 aliphatic carbocycles. The van der Waals surface area contributed by atoms with E-state index in [1.54, 1.807) is 7.11 Å². The van der Waals surface area contributed by atoms with E-state index in [2.05, 4.69) is 5.32 Å². The molecule has 12 heavy (non-hydrogen) atoms. The maximum atomic E-state index is 11.0. The molecule has 1 unspecified atom stereocenters. The van der Waals surface area contributed by atoms with E-state index < -0.39 is 0 Å². The summed E-state index contributed by atoms with van der Waals surface area (Å²) >= 11 is 0. The highest BCUT2D eigenvalue weighted by atomic mass is 16.5. The van der Waals surface area contributed by atoms with Gasteiger partial charge in [-0.2, -0.15) is 0 Å².